The summed E-state index contributed by atoms with van der Waals surface area (Å²) in [6, 6.07) is 19.5. The molecule has 0 bridgehead atoms. The van der Waals surface area contributed by atoms with Gasteiger partial charge in [0.15, 0.2) is 0 Å². The largest absolute Gasteiger partial charge is 0.493 e. The zero-order valence-electron chi connectivity index (χ0n) is 11.3. The molecule has 2 rings (SSSR count). The molecule has 0 fully saturated rings. The Balaban J connectivity index is 2.00. The number of nitrogens with zero attached hydrogens (tertiary/aromatic N) is 1. The van der Waals surface area contributed by atoms with E-state index in [9.17, 15) is 5.26 Å². The molecule has 0 spiro atoms. The molecule has 0 aliphatic heterocycles. The maximum absolute atomic E-state index is 9.45. The van der Waals surface area contributed by atoms with E-state index in [4.69, 9.17) is 16.3 Å². The Kier molecular flexibility index (Phi) is 4.65. The first-order valence-electron chi connectivity index (χ1n) is 6.49. The van der Waals surface area contributed by atoms with Crippen molar-refractivity contribution in [3.63, 3.8) is 0 Å². The summed E-state index contributed by atoms with van der Waals surface area (Å²) in [6.07, 6.45) is 0.625. The molecule has 0 saturated carbocycles. The number of ether oxygens (including phenoxy) is 1. The fraction of sp³-hybridized carbons (Fsp3) is 0.235. The van der Waals surface area contributed by atoms with Gasteiger partial charge >= 0.3 is 0 Å². The number of benzene rings is 2. The van der Waals surface area contributed by atoms with Crippen molar-refractivity contribution in [2.75, 3.05) is 6.61 Å². The van der Waals surface area contributed by atoms with E-state index in [0.29, 0.717) is 18.1 Å². The summed E-state index contributed by atoms with van der Waals surface area (Å²) >= 11 is 5.90. The van der Waals surface area contributed by atoms with Crippen molar-refractivity contribution in [2.45, 2.75) is 18.8 Å². The number of rotatable bonds is 5. The number of hydrogen-bond acceptors (Lipinski definition) is 2. The monoisotopic (exact) mass is 285 g/mol. The SMILES string of the molecule is CC(C#N)(CCOc1cccc(Cl)c1)c1ccccc1. The van der Waals surface area contributed by atoms with Crippen LogP contribution >= 0.6 is 11.6 Å². The highest BCUT2D eigenvalue weighted by molar-refractivity contribution is 6.30. The van der Waals surface area contributed by atoms with Gasteiger partial charge in [0.1, 0.15) is 5.75 Å². The highest BCUT2D eigenvalue weighted by Gasteiger charge is 2.26. The first-order chi connectivity index (χ1) is 9.64. The zero-order chi connectivity index (χ0) is 14.4. The molecular weight excluding hydrogens is 270 g/mol. The van der Waals surface area contributed by atoms with Gasteiger partial charge in [-0.05, 0) is 30.7 Å². The number of halogens is 1. The average Bonchev–Trinajstić information content (AvgIpc) is 2.48. The van der Waals surface area contributed by atoms with Crippen molar-refractivity contribution in [1.29, 1.82) is 5.26 Å². The summed E-state index contributed by atoms with van der Waals surface area (Å²) in [7, 11) is 0. The Hall–Kier alpha value is -1.98. The van der Waals surface area contributed by atoms with Crippen LogP contribution in [0.4, 0.5) is 0 Å². The minimum atomic E-state index is -0.542. The third-order valence-electron chi connectivity index (χ3n) is 3.32. The van der Waals surface area contributed by atoms with Crippen LogP contribution in [-0.4, -0.2) is 6.61 Å². The molecule has 0 saturated heterocycles. The van der Waals surface area contributed by atoms with Crippen LogP contribution in [-0.2, 0) is 5.41 Å². The maximum atomic E-state index is 9.45. The van der Waals surface area contributed by atoms with Crippen molar-refractivity contribution in [3.8, 4) is 11.8 Å². The molecule has 0 N–H and O–H groups in total. The van der Waals surface area contributed by atoms with Crippen molar-refractivity contribution in [1.82, 2.24) is 0 Å². The normalized spacial score (nSPS) is 13.2. The first-order valence-corrected chi connectivity index (χ1v) is 6.87. The van der Waals surface area contributed by atoms with E-state index >= 15 is 0 Å². The Bertz CT molecular complexity index is 606. The van der Waals surface area contributed by atoms with Crippen LogP contribution in [0.5, 0.6) is 5.75 Å². The molecule has 102 valence electrons. The highest BCUT2D eigenvalue weighted by Crippen LogP contribution is 2.27. The van der Waals surface area contributed by atoms with Crippen molar-refractivity contribution in [3.05, 3.63) is 65.2 Å². The van der Waals surface area contributed by atoms with E-state index in [-0.39, 0.29) is 0 Å². The fourth-order valence-corrected chi connectivity index (χ4v) is 2.18. The minimum absolute atomic E-state index is 0.472. The Morgan fingerprint density at radius 1 is 1.15 bits per heavy atom. The summed E-state index contributed by atoms with van der Waals surface area (Å²) in [5.41, 5.74) is 0.469. The molecule has 0 aliphatic rings. The molecule has 0 aliphatic carbocycles. The van der Waals surface area contributed by atoms with Crippen LogP contribution in [0.2, 0.25) is 5.02 Å². The van der Waals surface area contributed by atoms with Crippen LogP contribution < -0.4 is 4.74 Å². The molecule has 3 heteroatoms. The lowest BCUT2D eigenvalue weighted by Gasteiger charge is -2.22. The topological polar surface area (TPSA) is 33.0 Å². The Morgan fingerprint density at radius 3 is 2.55 bits per heavy atom. The van der Waals surface area contributed by atoms with Crippen LogP contribution in [0.15, 0.2) is 54.6 Å². The molecule has 0 heterocycles. The van der Waals surface area contributed by atoms with Gasteiger partial charge in [0.05, 0.1) is 18.1 Å². The van der Waals surface area contributed by atoms with Gasteiger partial charge in [0.2, 0.25) is 0 Å². The van der Waals surface area contributed by atoms with E-state index < -0.39 is 5.41 Å². The van der Waals surface area contributed by atoms with E-state index in [2.05, 4.69) is 6.07 Å². The highest BCUT2D eigenvalue weighted by atomic mass is 35.5. The Morgan fingerprint density at radius 2 is 1.90 bits per heavy atom. The van der Waals surface area contributed by atoms with E-state index in [0.717, 1.165) is 11.3 Å². The lowest BCUT2D eigenvalue weighted by Crippen LogP contribution is -2.22. The van der Waals surface area contributed by atoms with Gasteiger partial charge in [-0.1, -0.05) is 48.0 Å². The molecule has 2 nitrogen and oxygen atoms in total. The van der Waals surface area contributed by atoms with Crippen molar-refractivity contribution < 1.29 is 4.74 Å². The second-order valence-corrected chi connectivity index (χ2v) is 5.30. The van der Waals surface area contributed by atoms with Gasteiger partial charge in [-0.25, -0.2) is 0 Å². The molecule has 1 unspecified atom stereocenters. The van der Waals surface area contributed by atoms with Crippen LogP contribution in [0.3, 0.4) is 0 Å². The second kappa shape index (κ2) is 6.45. The van der Waals surface area contributed by atoms with Crippen LogP contribution in [0.25, 0.3) is 0 Å². The summed E-state index contributed by atoms with van der Waals surface area (Å²) in [5, 5.41) is 10.1. The third kappa shape index (κ3) is 3.53. The first kappa shape index (κ1) is 14.4. The smallest absolute Gasteiger partial charge is 0.120 e. The molecule has 0 aromatic heterocycles. The average molecular weight is 286 g/mol. The molecule has 1 atom stereocenters. The maximum Gasteiger partial charge on any atom is 0.120 e. The van der Waals surface area contributed by atoms with Crippen molar-refractivity contribution >= 4 is 11.6 Å². The fourth-order valence-electron chi connectivity index (χ4n) is 2.00. The van der Waals surface area contributed by atoms with Gasteiger partial charge in [0.25, 0.3) is 0 Å². The van der Waals surface area contributed by atoms with Gasteiger partial charge < -0.3 is 4.74 Å². The summed E-state index contributed by atoms with van der Waals surface area (Å²) in [6.45, 7) is 2.41. The zero-order valence-corrected chi connectivity index (χ0v) is 12.1. The molecule has 0 amide bonds. The van der Waals surface area contributed by atoms with Gasteiger partial charge in [-0.3, -0.25) is 0 Å². The minimum Gasteiger partial charge on any atom is -0.493 e. The third-order valence-corrected chi connectivity index (χ3v) is 3.56. The quantitative estimate of drug-likeness (QED) is 0.805. The van der Waals surface area contributed by atoms with E-state index in [1.54, 1.807) is 12.1 Å². The van der Waals surface area contributed by atoms with Crippen molar-refractivity contribution in [2.24, 2.45) is 0 Å². The summed E-state index contributed by atoms with van der Waals surface area (Å²) in [5.74, 6) is 0.728. The lowest BCUT2D eigenvalue weighted by molar-refractivity contribution is 0.285. The second-order valence-electron chi connectivity index (χ2n) is 4.87. The van der Waals surface area contributed by atoms with Crippen LogP contribution in [0, 0.1) is 11.3 Å². The lowest BCUT2D eigenvalue weighted by atomic mass is 9.81. The molecule has 2 aromatic rings. The molecule has 20 heavy (non-hydrogen) atoms. The molecular formula is C17H16ClNO. The molecule has 2 aromatic carbocycles. The predicted octanol–water partition coefficient (Wildman–Crippen LogP) is 4.59. The predicted molar refractivity (Wildman–Crippen MR) is 81.0 cm³/mol. The standard InChI is InChI=1S/C17H16ClNO/c1-17(13-19,14-6-3-2-4-7-14)10-11-20-16-9-5-8-15(18)12-16/h2-9,12H,10-11H2,1H3. The summed E-state index contributed by atoms with van der Waals surface area (Å²) < 4.78 is 5.67. The number of nitriles is 1. The van der Waals surface area contributed by atoms with E-state index in [1.807, 2.05) is 49.4 Å². The van der Waals surface area contributed by atoms with Crippen LogP contribution in [0.1, 0.15) is 18.9 Å². The van der Waals surface area contributed by atoms with Gasteiger partial charge in [-0.15, -0.1) is 0 Å². The van der Waals surface area contributed by atoms with Gasteiger partial charge in [0, 0.05) is 11.4 Å². The van der Waals surface area contributed by atoms with E-state index in [1.165, 1.54) is 0 Å². The number of hydrogen-bond donors (Lipinski definition) is 0. The summed E-state index contributed by atoms with van der Waals surface area (Å²) in [4.78, 5) is 0. The Labute approximate surface area is 124 Å². The molecule has 0 radical (unpaired) electrons. The van der Waals surface area contributed by atoms with Gasteiger partial charge in [-0.2, -0.15) is 5.26 Å².